The quantitative estimate of drug-likeness (QED) is 0.228. The average molecular weight is 615 g/mol. The number of benzene rings is 2. The molecular formula is C34H50O8Si. The molecule has 0 saturated carbocycles. The fraction of sp³-hybridized carbons (Fsp3) is 0.529. The van der Waals surface area contributed by atoms with Crippen molar-refractivity contribution in [1.29, 1.82) is 0 Å². The number of methoxy groups -OCH3 is 4. The van der Waals surface area contributed by atoms with Crippen LogP contribution in [0.1, 0.15) is 44.1 Å². The lowest BCUT2D eigenvalue weighted by Gasteiger charge is -2.37. The second-order valence-corrected chi connectivity index (χ2v) is 17.3. The van der Waals surface area contributed by atoms with E-state index in [9.17, 15) is 5.11 Å². The van der Waals surface area contributed by atoms with Crippen molar-refractivity contribution in [2.45, 2.75) is 51.1 Å². The lowest BCUT2D eigenvalue weighted by molar-refractivity contribution is 0.0719. The summed E-state index contributed by atoms with van der Waals surface area (Å²) in [4.78, 5) is 0. The van der Waals surface area contributed by atoms with Gasteiger partial charge in [0.1, 0.15) is 0 Å². The minimum atomic E-state index is -1.81. The third-order valence-electron chi connectivity index (χ3n) is 8.78. The summed E-state index contributed by atoms with van der Waals surface area (Å²) >= 11 is 0. The smallest absolute Gasteiger partial charge is 0.192 e. The summed E-state index contributed by atoms with van der Waals surface area (Å²) in [5.74, 6) is 2.88. The highest BCUT2D eigenvalue weighted by Gasteiger charge is 2.40. The van der Waals surface area contributed by atoms with Gasteiger partial charge in [0.15, 0.2) is 31.3 Å². The van der Waals surface area contributed by atoms with Gasteiger partial charge in [-0.1, -0.05) is 46.1 Å². The zero-order chi connectivity index (χ0) is 31.9. The fourth-order valence-electron chi connectivity index (χ4n) is 4.93. The molecule has 0 amide bonds. The molecule has 2 aromatic carbocycles. The first-order valence-electron chi connectivity index (χ1n) is 14.6. The predicted molar refractivity (Wildman–Crippen MR) is 172 cm³/mol. The Morgan fingerprint density at radius 3 is 1.56 bits per heavy atom. The summed E-state index contributed by atoms with van der Waals surface area (Å²) in [5, 5.41) is 9.59. The van der Waals surface area contributed by atoms with Crippen LogP contribution in [0.5, 0.6) is 23.0 Å². The Bertz CT molecular complexity index is 1250. The zero-order valence-electron chi connectivity index (χ0n) is 27.3. The Labute approximate surface area is 258 Å². The standard InChI is InChI=1S/C20H32O4Si.C14H18O4/c1-14-12-23-19(15-9-10-17(21-5)18(11-15)22-6)16(14)13-24-25(7,8)20(2,3)4;1-9-8-18-14(11(9)7-15)10-4-5-12(16-2)13(6-10)17-3/h9-11,16,19H,1,12-13H2,2-8H3;4-6,11,14-15H,1,7-8H2,2-3H3/t16-,19+;11-,14+/m00/s1. The molecule has 0 aromatic heterocycles. The van der Waals surface area contributed by atoms with Gasteiger partial charge < -0.3 is 38.0 Å². The molecule has 2 saturated heterocycles. The van der Waals surface area contributed by atoms with Crippen LogP contribution < -0.4 is 18.9 Å². The first-order chi connectivity index (χ1) is 20.3. The zero-order valence-corrected chi connectivity index (χ0v) is 28.3. The molecule has 1 N–H and O–H groups in total. The van der Waals surface area contributed by atoms with Crippen molar-refractivity contribution in [3.63, 3.8) is 0 Å². The van der Waals surface area contributed by atoms with E-state index in [0.29, 0.717) is 37.1 Å². The van der Waals surface area contributed by atoms with E-state index in [1.807, 2.05) is 36.4 Å². The van der Waals surface area contributed by atoms with Crippen molar-refractivity contribution in [3.8, 4) is 23.0 Å². The number of aliphatic hydroxyl groups excluding tert-OH is 1. The van der Waals surface area contributed by atoms with Crippen LogP contribution in [-0.4, -0.2) is 68.3 Å². The highest BCUT2D eigenvalue weighted by atomic mass is 28.4. The Morgan fingerprint density at radius 1 is 0.744 bits per heavy atom. The number of hydrogen-bond acceptors (Lipinski definition) is 8. The van der Waals surface area contributed by atoms with Crippen molar-refractivity contribution < 1.29 is 38.0 Å². The van der Waals surface area contributed by atoms with Gasteiger partial charge in [0.2, 0.25) is 0 Å². The van der Waals surface area contributed by atoms with Crippen LogP contribution in [0, 0.1) is 11.8 Å². The molecule has 238 valence electrons. The molecule has 0 radical (unpaired) electrons. The summed E-state index contributed by atoms with van der Waals surface area (Å²) < 4.78 is 39.4. The van der Waals surface area contributed by atoms with E-state index >= 15 is 0 Å². The molecule has 4 rings (SSSR count). The van der Waals surface area contributed by atoms with E-state index in [0.717, 1.165) is 28.0 Å². The van der Waals surface area contributed by atoms with E-state index < -0.39 is 8.32 Å². The Balaban J connectivity index is 0.000000248. The third kappa shape index (κ3) is 8.02. The normalized spacial score (nSPS) is 22.2. The minimum Gasteiger partial charge on any atom is -0.493 e. The van der Waals surface area contributed by atoms with Crippen molar-refractivity contribution in [2.24, 2.45) is 11.8 Å². The van der Waals surface area contributed by atoms with Gasteiger partial charge in [-0.15, -0.1) is 0 Å². The van der Waals surface area contributed by atoms with Crippen LogP contribution >= 0.6 is 0 Å². The number of ether oxygens (including phenoxy) is 6. The molecule has 0 bridgehead atoms. The van der Waals surface area contributed by atoms with Crippen LogP contribution in [0.4, 0.5) is 0 Å². The van der Waals surface area contributed by atoms with E-state index in [4.69, 9.17) is 32.8 Å². The molecule has 8 nitrogen and oxygen atoms in total. The summed E-state index contributed by atoms with van der Waals surface area (Å²) in [7, 11) is 4.68. The van der Waals surface area contributed by atoms with Crippen LogP contribution in [0.3, 0.4) is 0 Å². The topological polar surface area (TPSA) is 84.8 Å². The highest BCUT2D eigenvalue weighted by molar-refractivity contribution is 6.74. The molecule has 2 heterocycles. The average Bonchev–Trinajstić information content (AvgIpc) is 3.56. The third-order valence-corrected chi connectivity index (χ3v) is 13.3. The Kier molecular flexibility index (Phi) is 11.9. The molecule has 4 atom stereocenters. The largest absolute Gasteiger partial charge is 0.493 e. The van der Waals surface area contributed by atoms with Gasteiger partial charge in [-0.05, 0) is 64.7 Å². The van der Waals surface area contributed by atoms with Crippen LogP contribution in [0.25, 0.3) is 0 Å². The Morgan fingerprint density at radius 2 is 1.16 bits per heavy atom. The maximum Gasteiger partial charge on any atom is 0.192 e. The van der Waals surface area contributed by atoms with E-state index in [1.165, 1.54) is 0 Å². The minimum absolute atomic E-state index is 0.0395. The van der Waals surface area contributed by atoms with E-state index in [1.54, 1.807) is 28.4 Å². The molecule has 43 heavy (non-hydrogen) atoms. The van der Waals surface area contributed by atoms with Gasteiger partial charge in [0.05, 0.1) is 60.5 Å². The van der Waals surface area contributed by atoms with Crippen molar-refractivity contribution in [3.05, 3.63) is 71.8 Å². The predicted octanol–water partition coefficient (Wildman–Crippen LogP) is 6.91. The van der Waals surface area contributed by atoms with Gasteiger partial charge in [-0.25, -0.2) is 0 Å². The summed E-state index contributed by atoms with van der Waals surface area (Å²) in [6.45, 7) is 21.2. The lowest BCUT2D eigenvalue weighted by atomic mass is 9.93. The fourth-order valence-corrected chi connectivity index (χ4v) is 5.96. The lowest BCUT2D eigenvalue weighted by Crippen LogP contribution is -2.42. The number of rotatable bonds is 10. The second kappa shape index (κ2) is 14.8. The number of hydrogen-bond donors (Lipinski definition) is 1. The summed E-state index contributed by atoms with van der Waals surface area (Å²) in [6.07, 6.45) is -0.223. The van der Waals surface area contributed by atoms with Crippen LogP contribution in [0.15, 0.2) is 60.7 Å². The first kappa shape index (κ1) is 34.7. The molecule has 2 aliphatic heterocycles. The molecular weight excluding hydrogens is 564 g/mol. The van der Waals surface area contributed by atoms with Crippen molar-refractivity contribution in [1.82, 2.24) is 0 Å². The molecule has 0 spiro atoms. The van der Waals surface area contributed by atoms with Crippen molar-refractivity contribution >= 4 is 8.32 Å². The molecule has 2 fully saturated rings. The molecule has 0 aliphatic carbocycles. The summed E-state index contributed by atoms with van der Waals surface area (Å²) in [5.41, 5.74) is 4.06. The number of aliphatic hydroxyl groups is 1. The highest BCUT2D eigenvalue weighted by Crippen LogP contribution is 2.43. The van der Waals surface area contributed by atoms with Crippen molar-refractivity contribution in [2.75, 3.05) is 54.9 Å². The molecule has 0 unspecified atom stereocenters. The molecule has 2 aliphatic rings. The monoisotopic (exact) mass is 614 g/mol. The van der Waals surface area contributed by atoms with Gasteiger partial charge in [0, 0.05) is 18.4 Å². The van der Waals surface area contributed by atoms with Crippen LogP contribution in [0.2, 0.25) is 18.1 Å². The SMILES string of the molecule is C=C1CO[C@H](c2ccc(OC)c(OC)c2)[C@H]1CO.C=C1CO[C@H](c2ccc(OC)c(OC)c2)[C@H]1CO[Si](C)(C)C(C)(C)C. The Hall–Kier alpha value is -2.82. The summed E-state index contributed by atoms with van der Waals surface area (Å²) in [6, 6.07) is 11.6. The van der Waals surface area contributed by atoms with Gasteiger partial charge in [0.25, 0.3) is 0 Å². The molecule has 9 heteroatoms. The van der Waals surface area contributed by atoms with Gasteiger partial charge in [-0.3, -0.25) is 0 Å². The maximum absolute atomic E-state index is 9.40. The first-order valence-corrected chi connectivity index (χ1v) is 17.5. The van der Waals surface area contributed by atoms with Crippen LogP contribution in [-0.2, 0) is 13.9 Å². The second-order valence-electron chi connectivity index (χ2n) is 12.5. The van der Waals surface area contributed by atoms with E-state index in [2.05, 4.69) is 47.0 Å². The van der Waals surface area contributed by atoms with Gasteiger partial charge >= 0.3 is 0 Å². The molecule has 2 aromatic rings. The maximum atomic E-state index is 9.40. The van der Waals surface area contributed by atoms with Gasteiger partial charge in [-0.2, -0.15) is 0 Å². The van der Waals surface area contributed by atoms with E-state index in [-0.39, 0.29) is 35.7 Å².